The van der Waals surface area contributed by atoms with E-state index >= 15 is 0 Å². The van der Waals surface area contributed by atoms with Crippen molar-refractivity contribution < 1.29 is 19.8 Å². The number of aliphatic hydroxyl groups excluding tert-OH is 1. The molecule has 1 atom stereocenters. The predicted molar refractivity (Wildman–Crippen MR) is 71.2 cm³/mol. The van der Waals surface area contributed by atoms with Gasteiger partial charge in [0, 0.05) is 6.20 Å². The first-order valence-corrected chi connectivity index (χ1v) is 5.82. The molecule has 1 amide bonds. The van der Waals surface area contributed by atoms with E-state index in [0.29, 0.717) is 5.56 Å². The van der Waals surface area contributed by atoms with Crippen LogP contribution in [0.1, 0.15) is 22.2 Å². The van der Waals surface area contributed by atoms with Gasteiger partial charge in [-0.15, -0.1) is 0 Å². The lowest BCUT2D eigenvalue weighted by molar-refractivity contribution is -0.124. The number of hydrogen-bond acceptors (Lipinski definition) is 4. The molecule has 0 aliphatic heterocycles. The second kappa shape index (κ2) is 5.94. The van der Waals surface area contributed by atoms with Crippen molar-refractivity contribution in [2.45, 2.75) is 6.10 Å². The van der Waals surface area contributed by atoms with Crippen LogP contribution in [0.4, 0.5) is 5.69 Å². The number of benzene rings is 1. The SMILES string of the molecule is O=C(O)c1ncccc1NC(=O)C(O)c1ccccc1. The lowest BCUT2D eigenvalue weighted by Crippen LogP contribution is -2.22. The van der Waals surface area contributed by atoms with E-state index in [1.807, 2.05) is 0 Å². The molecule has 0 bridgehead atoms. The van der Waals surface area contributed by atoms with Crippen LogP contribution >= 0.6 is 0 Å². The van der Waals surface area contributed by atoms with E-state index < -0.39 is 18.0 Å². The molecular formula is C14H12N2O4. The maximum absolute atomic E-state index is 11.9. The van der Waals surface area contributed by atoms with Gasteiger partial charge in [0.15, 0.2) is 11.8 Å². The number of carbonyl (C=O) groups excluding carboxylic acids is 1. The van der Waals surface area contributed by atoms with Crippen molar-refractivity contribution in [2.75, 3.05) is 5.32 Å². The molecule has 1 unspecified atom stereocenters. The average molecular weight is 272 g/mol. The Morgan fingerprint density at radius 2 is 1.80 bits per heavy atom. The number of aliphatic hydroxyl groups is 1. The number of amides is 1. The summed E-state index contributed by atoms with van der Waals surface area (Å²) in [6.45, 7) is 0. The van der Waals surface area contributed by atoms with Crippen LogP contribution in [0.15, 0.2) is 48.7 Å². The normalized spacial score (nSPS) is 11.7. The van der Waals surface area contributed by atoms with Crippen LogP contribution in [0.3, 0.4) is 0 Å². The Bertz CT molecular complexity index is 628. The molecule has 0 spiro atoms. The standard InChI is InChI=1S/C14H12N2O4/c17-12(9-5-2-1-3-6-9)13(18)16-10-7-4-8-15-11(10)14(19)20/h1-8,12,17H,(H,16,18)(H,19,20). The van der Waals surface area contributed by atoms with Crippen LogP contribution < -0.4 is 5.32 Å². The fourth-order valence-corrected chi connectivity index (χ4v) is 1.66. The number of aromatic nitrogens is 1. The van der Waals surface area contributed by atoms with E-state index in [0.717, 1.165) is 0 Å². The number of anilines is 1. The highest BCUT2D eigenvalue weighted by atomic mass is 16.4. The summed E-state index contributed by atoms with van der Waals surface area (Å²) in [5, 5.41) is 21.2. The van der Waals surface area contributed by atoms with Crippen LogP contribution in [0, 0.1) is 0 Å². The van der Waals surface area contributed by atoms with E-state index in [2.05, 4.69) is 10.3 Å². The van der Waals surface area contributed by atoms with Gasteiger partial charge in [-0.25, -0.2) is 9.78 Å². The lowest BCUT2D eigenvalue weighted by Gasteiger charge is -2.12. The highest BCUT2D eigenvalue weighted by Gasteiger charge is 2.20. The molecule has 0 saturated carbocycles. The van der Waals surface area contributed by atoms with Crippen LogP contribution in [0.2, 0.25) is 0 Å². The van der Waals surface area contributed by atoms with Crippen molar-refractivity contribution >= 4 is 17.6 Å². The fourth-order valence-electron chi connectivity index (χ4n) is 1.66. The van der Waals surface area contributed by atoms with Gasteiger partial charge in [-0.1, -0.05) is 30.3 Å². The molecule has 102 valence electrons. The molecule has 6 heteroatoms. The summed E-state index contributed by atoms with van der Waals surface area (Å²) in [7, 11) is 0. The van der Waals surface area contributed by atoms with E-state index in [1.54, 1.807) is 30.3 Å². The third-order valence-corrected chi connectivity index (χ3v) is 2.63. The number of carbonyl (C=O) groups is 2. The van der Waals surface area contributed by atoms with Gasteiger partial charge < -0.3 is 15.5 Å². The summed E-state index contributed by atoms with van der Waals surface area (Å²) >= 11 is 0. The minimum absolute atomic E-state index is 0.0416. The van der Waals surface area contributed by atoms with Crippen molar-refractivity contribution in [2.24, 2.45) is 0 Å². The lowest BCUT2D eigenvalue weighted by atomic mass is 10.1. The maximum atomic E-state index is 11.9. The first-order chi connectivity index (χ1) is 9.59. The first-order valence-electron chi connectivity index (χ1n) is 5.82. The summed E-state index contributed by atoms with van der Waals surface area (Å²) in [6.07, 6.45) is -0.0646. The summed E-state index contributed by atoms with van der Waals surface area (Å²) in [6, 6.07) is 11.3. The average Bonchev–Trinajstić information content (AvgIpc) is 2.47. The second-order valence-corrected chi connectivity index (χ2v) is 4.01. The Kier molecular flexibility index (Phi) is 4.07. The molecule has 2 aromatic rings. The van der Waals surface area contributed by atoms with Crippen LogP contribution in [0.5, 0.6) is 0 Å². The molecule has 20 heavy (non-hydrogen) atoms. The van der Waals surface area contributed by atoms with E-state index in [9.17, 15) is 14.7 Å². The predicted octanol–water partition coefficient (Wildman–Crippen LogP) is 1.45. The molecule has 0 aliphatic carbocycles. The molecule has 3 N–H and O–H groups in total. The van der Waals surface area contributed by atoms with Crippen molar-refractivity contribution in [3.8, 4) is 0 Å². The number of rotatable bonds is 4. The van der Waals surface area contributed by atoms with Crippen molar-refractivity contribution in [1.29, 1.82) is 0 Å². The van der Waals surface area contributed by atoms with Gasteiger partial charge in [-0.2, -0.15) is 0 Å². The largest absolute Gasteiger partial charge is 0.476 e. The minimum Gasteiger partial charge on any atom is -0.476 e. The van der Waals surface area contributed by atoms with Gasteiger partial charge in [0.25, 0.3) is 5.91 Å². The number of aromatic carboxylic acids is 1. The molecule has 0 radical (unpaired) electrons. The highest BCUT2D eigenvalue weighted by Crippen LogP contribution is 2.17. The van der Waals surface area contributed by atoms with Crippen molar-refractivity contribution in [1.82, 2.24) is 4.98 Å². The molecule has 6 nitrogen and oxygen atoms in total. The maximum Gasteiger partial charge on any atom is 0.356 e. The molecule has 2 rings (SSSR count). The Balaban J connectivity index is 2.18. The Morgan fingerprint density at radius 3 is 2.45 bits per heavy atom. The summed E-state index contributed by atoms with van der Waals surface area (Å²) in [5.74, 6) is -1.97. The zero-order valence-electron chi connectivity index (χ0n) is 10.4. The van der Waals surface area contributed by atoms with E-state index in [4.69, 9.17) is 5.11 Å². The highest BCUT2D eigenvalue weighted by molar-refractivity contribution is 6.00. The number of carboxylic acids is 1. The van der Waals surface area contributed by atoms with Crippen molar-refractivity contribution in [3.05, 3.63) is 59.9 Å². The number of pyridine rings is 1. The number of nitrogens with one attached hydrogen (secondary N) is 1. The Hall–Kier alpha value is -2.73. The molecule has 0 aliphatic rings. The minimum atomic E-state index is -1.38. The molecular weight excluding hydrogens is 260 g/mol. The number of nitrogens with zero attached hydrogens (tertiary/aromatic N) is 1. The monoisotopic (exact) mass is 272 g/mol. The van der Waals surface area contributed by atoms with Gasteiger partial charge >= 0.3 is 5.97 Å². The Morgan fingerprint density at radius 1 is 1.10 bits per heavy atom. The zero-order valence-corrected chi connectivity index (χ0v) is 10.4. The van der Waals surface area contributed by atoms with Crippen LogP contribution in [-0.4, -0.2) is 27.1 Å². The number of carboxylic acid groups (broad SMARTS) is 1. The number of hydrogen-bond donors (Lipinski definition) is 3. The van der Waals surface area contributed by atoms with Gasteiger partial charge in [0.1, 0.15) is 0 Å². The van der Waals surface area contributed by atoms with Crippen LogP contribution in [-0.2, 0) is 4.79 Å². The topological polar surface area (TPSA) is 99.5 Å². The first kappa shape index (κ1) is 13.7. The zero-order chi connectivity index (χ0) is 14.5. The van der Waals surface area contributed by atoms with Crippen LogP contribution in [0.25, 0.3) is 0 Å². The second-order valence-electron chi connectivity index (χ2n) is 4.01. The molecule has 0 fully saturated rings. The third-order valence-electron chi connectivity index (χ3n) is 2.63. The Labute approximate surface area is 114 Å². The molecule has 1 aromatic carbocycles. The third kappa shape index (κ3) is 2.99. The summed E-state index contributed by atoms with van der Waals surface area (Å²) in [4.78, 5) is 26.5. The van der Waals surface area contributed by atoms with E-state index in [-0.39, 0.29) is 11.4 Å². The van der Waals surface area contributed by atoms with Gasteiger partial charge in [0.2, 0.25) is 0 Å². The van der Waals surface area contributed by atoms with Gasteiger partial charge in [-0.05, 0) is 17.7 Å². The summed E-state index contributed by atoms with van der Waals surface area (Å²) in [5.41, 5.74) is 0.187. The summed E-state index contributed by atoms with van der Waals surface area (Å²) < 4.78 is 0. The molecule has 1 aromatic heterocycles. The van der Waals surface area contributed by atoms with Gasteiger partial charge in [0.05, 0.1) is 5.69 Å². The fraction of sp³-hybridized carbons (Fsp3) is 0.0714. The van der Waals surface area contributed by atoms with E-state index in [1.165, 1.54) is 18.3 Å². The van der Waals surface area contributed by atoms with Crippen molar-refractivity contribution in [3.63, 3.8) is 0 Å². The quantitative estimate of drug-likeness (QED) is 0.782. The smallest absolute Gasteiger partial charge is 0.356 e. The molecule has 0 saturated heterocycles. The van der Waals surface area contributed by atoms with Gasteiger partial charge in [-0.3, -0.25) is 4.79 Å². The molecule has 1 heterocycles.